The number of rotatable bonds is 9. The Labute approximate surface area is 227 Å². The second-order valence-electron chi connectivity index (χ2n) is 9.43. The summed E-state index contributed by atoms with van der Waals surface area (Å²) in [4.78, 5) is 0. The third kappa shape index (κ3) is 5.62. The molecule has 0 spiro atoms. The van der Waals surface area contributed by atoms with Gasteiger partial charge in [-0.15, -0.1) is 0 Å². The highest BCUT2D eigenvalue weighted by atomic mass is 31.2. The number of nitrogens with one attached hydrogen (secondary N) is 1. The number of halogens is 2. The van der Waals surface area contributed by atoms with Crippen LogP contribution < -0.4 is 15.7 Å². The van der Waals surface area contributed by atoms with Gasteiger partial charge in [0.05, 0.1) is 6.04 Å². The summed E-state index contributed by atoms with van der Waals surface area (Å²) in [6, 6.07) is 38.0. The molecule has 0 radical (unpaired) electrons. The molecule has 0 aromatic heterocycles. The number of hydrogen-bond acceptors (Lipinski definition) is 2. The average molecular weight is 540 g/mol. The SMILES string of the molecule is O=P(NC(Cc1ccccc1)C(O)(c1ccc(F)cc1)c1ccc(F)cc1)(c1ccccc1)c1ccccc1. The quantitative estimate of drug-likeness (QED) is 0.215. The van der Waals surface area contributed by atoms with Gasteiger partial charge in [-0.1, -0.05) is 91.0 Å². The molecule has 39 heavy (non-hydrogen) atoms. The van der Waals surface area contributed by atoms with Gasteiger partial charge in [0.1, 0.15) is 17.2 Å². The molecular formula is C33H28F2NO2P. The van der Waals surface area contributed by atoms with Crippen molar-refractivity contribution in [2.24, 2.45) is 0 Å². The predicted molar refractivity (Wildman–Crippen MR) is 153 cm³/mol. The molecule has 5 aromatic carbocycles. The van der Waals surface area contributed by atoms with E-state index >= 15 is 4.57 Å². The summed E-state index contributed by atoms with van der Waals surface area (Å²) in [7, 11) is -3.53. The molecule has 0 saturated carbocycles. The minimum absolute atomic E-state index is 0.274. The van der Waals surface area contributed by atoms with Crippen LogP contribution >= 0.6 is 7.29 Å². The van der Waals surface area contributed by atoms with Crippen molar-refractivity contribution < 1.29 is 18.5 Å². The maximum absolute atomic E-state index is 15.1. The van der Waals surface area contributed by atoms with E-state index in [0.717, 1.165) is 5.56 Å². The normalized spacial score (nSPS) is 12.7. The number of benzene rings is 5. The second kappa shape index (κ2) is 11.5. The summed E-state index contributed by atoms with van der Waals surface area (Å²) in [6.45, 7) is 0. The third-order valence-corrected chi connectivity index (χ3v) is 9.66. The molecule has 0 bridgehead atoms. The highest BCUT2D eigenvalue weighted by molar-refractivity contribution is 7.76. The third-order valence-electron chi connectivity index (χ3n) is 6.93. The maximum Gasteiger partial charge on any atom is 0.205 e. The molecule has 1 unspecified atom stereocenters. The first-order valence-corrected chi connectivity index (χ1v) is 14.4. The zero-order valence-electron chi connectivity index (χ0n) is 21.1. The summed E-state index contributed by atoms with van der Waals surface area (Å²) in [6.07, 6.45) is 0.274. The predicted octanol–water partition coefficient (Wildman–Crippen LogP) is 6.33. The van der Waals surface area contributed by atoms with E-state index in [4.69, 9.17) is 0 Å². The van der Waals surface area contributed by atoms with E-state index in [2.05, 4.69) is 5.09 Å². The molecule has 0 aliphatic carbocycles. The van der Waals surface area contributed by atoms with Crippen molar-refractivity contribution in [1.82, 2.24) is 5.09 Å². The van der Waals surface area contributed by atoms with Gasteiger partial charge in [0.2, 0.25) is 7.29 Å². The summed E-state index contributed by atoms with van der Waals surface area (Å²) in [5.41, 5.74) is -0.144. The van der Waals surface area contributed by atoms with Crippen molar-refractivity contribution in [2.75, 3.05) is 0 Å². The van der Waals surface area contributed by atoms with Crippen LogP contribution in [0.15, 0.2) is 140 Å². The van der Waals surface area contributed by atoms with Crippen LogP contribution in [0.25, 0.3) is 0 Å². The standard InChI is InChI=1S/C33H28F2NO2P/c34-28-20-16-26(17-21-28)33(37,27-18-22-29(35)23-19-27)32(24-25-10-4-1-5-11-25)36-39(38,30-12-6-2-7-13-30)31-14-8-3-9-15-31/h1-23,32,37H,24H2,(H,36,38). The van der Waals surface area contributed by atoms with Crippen LogP contribution in [0.1, 0.15) is 16.7 Å². The molecule has 196 valence electrons. The molecule has 0 aliphatic rings. The van der Waals surface area contributed by atoms with Crippen LogP contribution in [0.2, 0.25) is 0 Å². The minimum atomic E-state index is -3.53. The van der Waals surface area contributed by atoms with Crippen molar-refractivity contribution in [3.63, 3.8) is 0 Å². The van der Waals surface area contributed by atoms with E-state index in [1.165, 1.54) is 48.5 Å². The minimum Gasteiger partial charge on any atom is -0.379 e. The Morgan fingerprint density at radius 2 is 1.00 bits per heavy atom. The van der Waals surface area contributed by atoms with Gasteiger partial charge in [0, 0.05) is 10.6 Å². The Morgan fingerprint density at radius 3 is 1.41 bits per heavy atom. The highest BCUT2D eigenvalue weighted by Gasteiger charge is 2.44. The van der Waals surface area contributed by atoms with Crippen LogP contribution in [0.4, 0.5) is 8.78 Å². The molecular weight excluding hydrogens is 511 g/mol. The molecule has 2 N–H and O–H groups in total. The average Bonchev–Trinajstić information content (AvgIpc) is 2.98. The Hall–Kier alpha value is -3.89. The van der Waals surface area contributed by atoms with Crippen LogP contribution in [-0.2, 0) is 16.6 Å². The Balaban J connectivity index is 1.73. The van der Waals surface area contributed by atoms with Crippen molar-refractivity contribution in [1.29, 1.82) is 0 Å². The van der Waals surface area contributed by atoms with Gasteiger partial charge in [-0.2, -0.15) is 0 Å². The first-order chi connectivity index (χ1) is 18.9. The van der Waals surface area contributed by atoms with Crippen molar-refractivity contribution in [3.8, 4) is 0 Å². The van der Waals surface area contributed by atoms with Crippen molar-refractivity contribution in [3.05, 3.63) is 168 Å². The summed E-state index contributed by atoms with van der Waals surface area (Å²) >= 11 is 0. The molecule has 0 amide bonds. The van der Waals surface area contributed by atoms with Crippen molar-refractivity contribution >= 4 is 17.9 Å². The Kier molecular flexibility index (Phi) is 7.85. The lowest BCUT2D eigenvalue weighted by molar-refractivity contribution is 0.0454. The van der Waals surface area contributed by atoms with E-state index < -0.39 is 30.6 Å². The van der Waals surface area contributed by atoms with Crippen LogP contribution in [0, 0.1) is 11.6 Å². The van der Waals surface area contributed by atoms with E-state index in [1.54, 1.807) is 24.3 Å². The fourth-order valence-corrected chi connectivity index (χ4v) is 7.40. The van der Waals surface area contributed by atoms with E-state index in [9.17, 15) is 13.9 Å². The van der Waals surface area contributed by atoms with E-state index in [1.807, 2.05) is 66.7 Å². The molecule has 0 saturated heterocycles. The van der Waals surface area contributed by atoms with Crippen LogP contribution in [-0.4, -0.2) is 11.1 Å². The van der Waals surface area contributed by atoms with E-state index in [0.29, 0.717) is 21.7 Å². The smallest absolute Gasteiger partial charge is 0.205 e. The Bertz CT molecular complexity index is 1460. The molecule has 0 aliphatic heterocycles. The maximum atomic E-state index is 15.1. The van der Waals surface area contributed by atoms with Crippen molar-refractivity contribution in [2.45, 2.75) is 18.1 Å². The summed E-state index contributed by atoms with van der Waals surface area (Å²) in [5, 5.41) is 17.2. The second-order valence-corrected chi connectivity index (χ2v) is 11.9. The number of hydrogen-bond donors (Lipinski definition) is 2. The van der Waals surface area contributed by atoms with Gasteiger partial charge in [-0.3, -0.25) is 9.65 Å². The molecule has 5 aromatic rings. The lowest BCUT2D eigenvalue weighted by Gasteiger charge is -2.40. The first-order valence-electron chi connectivity index (χ1n) is 12.7. The molecule has 3 nitrogen and oxygen atoms in total. The van der Waals surface area contributed by atoms with Crippen LogP contribution in [0.5, 0.6) is 0 Å². The summed E-state index contributed by atoms with van der Waals surface area (Å²) in [5.74, 6) is -0.904. The van der Waals surface area contributed by atoms with Crippen LogP contribution in [0.3, 0.4) is 0 Å². The fourth-order valence-electron chi connectivity index (χ4n) is 4.91. The Morgan fingerprint density at radius 1 is 0.615 bits per heavy atom. The molecule has 0 fully saturated rings. The number of aliphatic hydroxyl groups is 1. The highest BCUT2D eigenvalue weighted by Crippen LogP contribution is 2.44. The van der Waals surface area contributed by atoms with Gasteiger partial charge in [0.15, 0.2) is 0 Å². The fraction of sp³-hybridized carbons (Fsp3) is 0.0909. The largest absolute Gasteiger partial charge is 0.379 e. The zero-order chi connectivity index (χ0) is 27.3. The van der Waals surface area contributed by atoms with Gasteiger partial charge in [-0.05, 0) is 71.6 Å². The molecule has 0 heterocycles. The molecule has 1 atom stereocenters. The first kappa shape index (κ1) is 26.7. The zero-order valence-corrected chi connectivity index (χ0v) is 22.0. The topological polar surface area (TPSA) is 49.3 Å². The van der Waals surface area contributed by atoms with Gasteiger partial charge in [0.25, 0.3) is 0 Å². The van der Waals surface area contributed by atoms with Gasteiger partial charge in [-0.25, -0.2) is 8.78 Å². The lowest BCUT2D eigenvalue weighted by Crippen LogP contribution is -2.51. The monoisotopic (exact) mass is 539 g/mol. The van der Waals surface area contributed by atoms with E-state index in [-0.39, 0.29) is 6.42 Å². The van der Waals surface area contributed by atoms with Gasteiger partial charge < -0.3 is 5.11 Å². The summed E-state index contributed by atoms with van der Waals surface area (Å²) < 4.78 is 43.1. The lowest BCUT2D eigenvalue weighted by atomic mass is 9.78. The van der Waals surface area contributed by atoms with Gasteiger partial charge >= 0.3 is 0 Å². The molecule has 5 rings (SSSR count). The molecule has 6 heteroatoms.